The first kappa shape index (κ1) is 41.5. The molecule has 4 aliphatic heterocycles. The number of anilines is 5. The van der Waals surface area contributed by atoms with Crippen molar-refractivity contribution in [3.05, 3.63) is 63.7 Å². The number of hydrogen-bond acceptors (Lipinski definition) is 12. The number of piperazine rings is 1. The van der Waals surface area contributed by atoms with Gasteiger partial charge >= 0.3 is 5.92 Å². The summed E-state index contributed by atoms with van der Waals surface area (Å²) in [5, 5.41) is 15.6. The third-order valence-electron chi connectivity index (χ3n) is 13.5. The van der Waals surface area contributed by atoms with E-state index in [-0.39, 0.29) is 35.2 Å². The van der Waals surface area contributed by atoms with E-state index in [1.807, 2.05) is 55.9 Å². The number of nitrogens with one attached hydrogen (secondary N) is 3. The normalized spacial score (nSPS) is 22.2. The summed E-state index contributed by atoms with van der Waals surface area (Å²) in [7, 11) is 1.93. The van der Waals surface area contributed by atoms with Crippen LogP contribution in [-0.4, -0.2) is 105 Å². The van der Waals surface area contributed by atoms with Crippen LogP contribution in [0, 0.1) is 11.8 Å². The largest absolute Gasteiger partial charge is 0.480 e. The van der Waals surface area contributed by atoms with Gasteiger partial charge in [0.25, 0.3) is 5.56 Å². The summed E-state index contributed by atoms with van der Waals surface area (Å²) in [6.07, 6.45) is 5.90. The summed E-state index contributed by atoms with van der Waals surface area (Å²) >= 11 is 6.67. The van der Waals surface area contributed by atoms with Crippen molar-refractivity contribution in [2.24, 2.45) is 18.9 Å². The highest BCUT2D eigenvalue weighted by Crippen LogP contribution is 2.46. The van der Waals surface area contributed by atoms with Crippen molar-refractivity contribution in [2.75, 3.05) is 72.9 Å². The number of carbonyl (C=O) groups is 2. The molecule has 63 heavy (non-hydrogen) atoms. The molecule has 7 heterocycles. The molecule has 10 rings (SSSR count). The Bertz CT molecular complexity index is 2670. The van der Waals surface area contributed by atoms with Crippen LogP contribution in [0.5, 0.6) is 5.75 Å². The molecule has 2 aromatic carbocycles. The number of carbonyl (C=O) groups excluding carboxylic acids is 2. The molecule has 4 fully saturated rings. The number of pyridine rings is 1. The van der Waals surface area contributed by atoms with E-state index in [9.17, 15) is 14.4 Å². The standard InChI is InChI=1S/C45H52ClF2N11O4/c1-25(2)59-33-11-9-28(21-31(33)37-39(43(59)62)63-24-45(47,48)40(52-37)27-7-8-27)50-41-32(46)22-49-44(53-41)58-19-17-56(18-20-58)23-26-13-15-57(16-14-26)34-6-4-5-29-36(54-55(3)38(29)34)30-10-12-35(60)51-42(30)61/h4-6,9,11,21-22,25-27,30,40,52H,7-8,10,12-20,23-24H2,1-3H3,(H,49,50,53)(H,51,60,61). The van der Waals surface area contributed by atoms with Crippen molar-refractivity contribution in [3.8, 4) is 5.75 Å². The van der Waals surface area contributed by atoms with Crippen LogP contribution in [0.1, 0.15) is 70.0 Å². The quantitative estimate of drug-likeness (QED) is 0.140. The second-order valence-electron chi connectivity index (χ2n) is 18.1. The minimum Gasteiger partial charge on any atom is -0.480 e. The Morgan fingerprint density at radius 1 is 0.968 bits per heavy atom. The topological polar surface area (TPSA) is 155 Å². The number of amides is 2. The smallest absolute Gasteiger partial charge is 0.301 e. The van der Waals surface area contributed by atoms with E-state index in [0.717, 1.165) is 80.9 Å². The number of fused-ring (bicyclic) bond motifs is 4. The van der Waals surface area contributed by atoms with Crippen molar-refractivity contribution in [1.29, 1.82) is 0 Å². The zero-order valence-electron chi connectivity index (χ0n) is 35.7. The first-order valence-electron chi connectivity index (χ1n) is 22.1. The molecule has 2 atom stereocenters. The molecular weight excluding hydrogens is 832 g/mol. The lowest BCUT2D eigenvalue weighted by Crippen LogP contribution is -2.49. The predicted octanol–water partition coefficient (Wildman–Crippen LogP) is 6.43. The molecule has 332 valence electrons. The zero-order chi connectivity index (χ0) is 43.7. The van der Waals surface area contributed by atoms with Crippen LogP contribution in [0.2, 0.25) is 5.02 Å². The Hall–Kier alpha value is -5.55. The number of rotatable bonds is 9. The third kappa shape index (κ3) is 7.80. The number of nitrogens with zero attached hydrogens (tertiary/aromatic N) is 8. The molecule has 3 aromatic heterocycles. The number of aromatic nitrogens is 5. The van der Waals surface area contributed by atoms with Crippen LogP contribution in [0.15, 0.2) is 47.4 Å². The lowest BCUT2D eigenvalue weighted by atomic mass is 9.92. The molecule has 3 N–H and O–H groups in total. The molecular formula is C45H52ClF2N11O4. The number of halogens is 3. The van der Waals surface area contributed by atoms with Gasteiger partial charge in [0, 0.05) is 81.8 Å². The number of para-hydroxylation sites is 1. The van der Waals surface area contributed by atoms with Crippen molar-refractivity contribution in [2.45, 2.75) is 76.3 Å². The average Bonchev–Trinajstić information content (AvgIpc) is 4.06. The van der Waals surface area contributed by atoms with Crippen molar-refractivity contribution in [1.82, 2.24) is 34.5 Å². The van der Waals surface area contributed by atoms with Gasteiger partial charge in [-0.25, -0.2) is 13.8 Å². The van der Waals surface area contributed by atoms with Gasteiger partial charge in [0.05, 0.1) is 46.3 Å². The van der Waals surface area contributed by atoms with Gasteiger partial charge in [-0.2, -0.15) is 10.1 Å². The van der Waals surface area contributed by atoms with Gasteiger partial charge in [-0.3, -0.25) is 29.3 Å². The predicted molar refractivity (Wildman–Crippen MR) is 239 cm³/mol. The maximum atomic E-state index is 15.3. The highest BCUT2D eigenvalue weighted by Gasteiger charge is 2.51. The number of hydrogen-bond donors (Lipinski definition) is 3. The Labute approximate surface area is 368 Å². The fourth-order valence-electron chi connectivity index (χ4n) is 10.1. The summed E-state index contributed by atoms with van der Waals surface area (Å²) in [4.78, 5) is 54.8. The van der Waals surface area contributed by atoms with Crippen LogP contribution in [0.3, 0.4) is 0 Å². The lowest BCUT2D eigenvalue weighted by molar-refractivity contribution is -0.134. The van der Waals surface area contributed by atoms with Crippen LogP contribution >= 0.6 is 11.6 Å². The SMILES string of the molecule is CC(C)n1c(=O)c2c(c3cc(Nc4nc(N5CCN(CC6CCN(c7cccc8c(C9CCC(=O)NC9=O)nn(C)c78)CC6)CC5)ncc4Cl)ccc31)NC(C1CC1)C(F)(F)CO2. The first-order valence-corrected chi connectivity index (χ1v) is 22.5. The fourth-order valence-corrected chi connectivity index (χ4v) is 10.2. The van der Waals surface area contributed by atoms with E-state index < -0.39 is 30.0 Å². The number of aryl methyl sites for hydroxylation is 1. The summed E-state index contributed by atoms with van der Waals surface area (Å²) in [6, 6.07) is 10.3. The van der Waals surface area contributed by atoms with Gasteiger partial charge in [-0.05, 0) is 82.1 Å². The Morgan fingerprint density at radius 2 is 1.75 bits per heavy atom. The Balaban J connectivity index is 0.790. The molecule has 3 saturated heterocycles. The molecule has 5 aliphatic rings. The number of benzene rings is 2. The Kier molecular flexibility index (Phi) is 10.7. The molecule has 15 nitrogen and oxygen atoms in total. The molecule has 0 spiro atoms. The number of alkyl halides is 2. The van der Waals surface area contributed by atoms with Crippen LogP contribution in [0.4, 0.5) is 37.6 Å². The molecule has 18 heteroatoms. The molecule has 2 amide bonds. The van der Waals surface area contributed by atoms with Crippen molar-refractivity contribution < 1.29 is 23.1 Å². The van der Waals surface area contributed by atoms with Crippen molar-refractivity contribution in [3.63, 3.8) is 0 Å². The van der Waals surface area contributed by atoms with Gasteiger partial charge in [0.2, 0.25) is 23.5 Å². The number of piperidine rings is 2. The summed E-state index contributed by atoms with van der Waals surface area (Å²) in [5.41, 5.74) is 3.94. The molecule has 0 radical (unpaired) electrons. The van der Waals surface area contributed by atoms with Crippen molar-refractivity contribution >= 4 is 74.0 Å². The third-order valence-corrected chi connectivity index (χ3v) is 13.8. The summed E-state index contributed by atoms with van der Waals surface area (Å²) < 4.78 is 39.7. The van der Waals surface area contributed by atoms with Crippen LogP contribution in [-0.2, 0) is 16.6 Å². The van der Waals surface area contributed by atoms with Gasteiger partial charge < -0.3 is 29.7 Å². The number of ether oxygens (including phenoxy) is 1. The Morgan fingerprint density at radius 3 is 2.48 bits per heavy atom. The molecule has 1 saturated carbocycles. The first-order chi connectivity index (χ1) is 30.3. The lowest BCUT2D eigenvalue weighted by Gasteiger charge is -2.39. The van der Waals surface area contributed by atoms with E-state index >= 15 is 8.78 Å². The van der Waals surface area contributed by atoms with Gasteiger partial charge in [0.15, 0.2) is 12.4 Å². The minimum absolute atomic E-state index is 0.0924. The van der Waals surface area contributed by atoms with E-state index in [2.05, 4.69) is 41.7 Å². The maximum Gasteiger partial charge on any atom is 0.301 e. The van der Waals surface area contributed by atoms with E-state index in [0.29, 0.717) is 65.0 Å². The van der Waals surface area contributed by atoms with E-state index in [1.165, 1.54) is 0 Å². The molecule has 5 aromatic rings. The molecule has 1 aliphatic carbocycles. The zero-order valence-corrected chi connectivity index (χ0v) is 36.4. The molecule has 0 bridgehead atoms. The van der Waals surface area contributed by atoms with Crippen LogP contribution < -0.4 is 36.0 Å². The highest BCUT2D eigenvalue weighted by molar-refractivity contribution is 6.33. The van der Waals surface area contributed by atoms with Gasteiger partial charge in [-0.1, -0.05) is 23.7 Å². The van der Waals surface area contributed by atoms with Gasteiger partial charge in [-0.15, -0.1) is 0 Å². The second kappa shape index (κ2) is 16.2. The maximum absolute atomic E-state index is 15.3. The van der Waals surface area contributed by atoms with Gasteiger partial charge in [0.1, 0.15) is 5.02 Å². The second-order valence-corrected chi connectivity index (χ2v) is 18.5. The van der Waals surface area contributed by atoms with Crippen LogP contribution in [0.25, 0.3) is 21.8 Å². The molecule has 2 unspecified atom stereocenters. The van der Waals surface area contributed by atoms with E-state index in [1.54, 1.807) is 10.8 Å². The minimum atomic E-state index is -3.14. The highest BCUT2D eigenvalue weighted by atomic mass is 35.5. The number of imide groups is 1. The monoisotopic (exact) mass is 883 g/mol. The van der Waals surface area contributed by atoms with E-state index in [4.69, 9.17) is 26.4 Å². The average molecular weight is 884 g/mol. The fraction of sp³-hybridized carbons (Fsp3) is 0.511. The summed E-state index contributed by atoms with van der Waals surface area (Å²) in [6.45, 7) is 9.02. The summed E-state index contributed by atoms with van der Waals surface area (Å²) in [5.74, 6) is -2.82.